The largest absolute Gasteiger partial charge is 0.507 e. The monoisotopic (exact) mass is 250 g/mol. The highest BCUT2D eigenvalue weighted by molar-refractivity contribution is 5.90. The Morgan fingerprint density at radius 3 is 2.11 bits per heavy atom. The van der Waals surface area contributed by atoms with Gasteiger partial charge in [-0.25, -0.2) is 9.59 Å². The zero-order valence-corrected chi connectivity index (χ0v) is 9.78. The summed E-state index contributed by atoms with van der Waals surface area (Å²) < 4.78 is 0. The minimum atomic E-state index is -1.11. The molecule has 5 heteroatoms. The Morgan fingerprint density at radius 2 is 1.72 bits per heavy atom. The lowest BCUT2D eigenvalue weighted by molar-refractivity contribution is -0.131. The van der Waals surface area contributed by atoms with Gasteiger partial charge in [-0.1, -0.05) is 30.4 Å². The fraction of sp³-hybridized carbons (Fsp3) is 0.0769. The van der Waals surface area contributed by atoms with Gasteiger partial charge in [-0.2, -0.15) is 0 Å². The third-order valence-electron chi connectivity index (χ3n) is 1.68. The first-order valence-corrected chi connectivity index (χ1v) is 5.02. The van der Waals surface area contributed by atoms with E-state index >= 15 is 0 Å². The minimum Gasteiger partial charge on any atom is -0.507 e. The summed E-state index contributed by atoms with van der Waals surface area (Å²) >= 11 is 0. The number of carboxylic acid groups (broad SMARTS) is 2. The van der Waals surface area contributed by atoms with Crippen LogP contribution in [0.2, 0.25) is 0 Å². The lowest BCUT2D eigenvalue weighted by Crippen LogP contribution is -1.95. The molecule has 0 aliphatic rings. The number of aromatic hydroxyl groups is 1. The summed E-state index contributed by atoms with van der Waals surface area (Å²) in [5.74, 6) is -2.23. The number of aromatic carboxylic acids is 1. The maximum Gasteiger partial charge on any atom is 0.339 e. The summed E-state index contributed by atoms with van der Waals surface area (Å²) in [7, 11) is 0. The number of benzene rings is 1. The molecule has 5 nitrogen and oxygen atoms in total. The molecular formula is C13H14O5. The average Bonchev–Trinajstić information content (AvgIpc) is 2.30. The van der Waals surface area contributed by atoms with E-state index in [1.54, 1.807) is 24.3 Å². The summed E-state index contributed by atoms with van der Waals surface area (Å²) in [4.78, 5) is 20.0. The number of phenols is 1. The molecule has 1 aromatic rings. The first-order chi connectivity index (χ1) is 8.49. The van der Waals surface area contributed by atoms with Crippen molar-refractivity contribution >= 4 is 11.9 Å². The Morgan fingerprint density at radius 1 is 1.11 bits per heavy atom. The van der Waals surface area contributed by atoms with Crippen LogP contribution in [0.4, 0.5) is 0 Å². The van der Waals surface area contributed by atoms with Gasteiger partial charge in [0.2, 0.25) is 0 Å². The highest BCUT2D eigenvalue weighted by Gasteiger charge is 2.05. The van der Waals surface area contributed by atoms with E-state index in [0.717, 1.165) is 6.08 Å². The molecule has 0 amide bonds. The average molecular weight is 250 g/mol. The predicted molar refractivity (Wildman–Crippen MR) is 66.7 cm³/mol. The molecule has 0 unspecified atom stereocenters. The Balaban J connectivity index is 0.000000331. The minimum absolute atomic E-state index is 0.0671. The van der Waals surface area contributed by atoms with E-state index in [9.17, 15) is 9.59 Å². The van der Waals surface area contributed by atoms with Gasteiger partial charge in [0.1, 0.15) is 11.3 Å². The first kappa shape index (κ1) is 15.4. The SMILES string of the molecule is CC=CC=CC(=O)O.O=C(O)c1ccccc1O. The van der Waals surface area contributed by atoms with E-state index in [0.29, 0.717) is 0 Å². The number of carbonyl (C=O) groups is 2. The third kappa shape index (κ3) is 6.84. The first-order valence-electron chi connectivity index (χ1n) is 5.02. The topological polar surface area (TPSA) is 94.8 Å². The van der Waals surface area contributed by atoms with Crippen LogP contribution in [0.5, 0.6) is 5.75 Å². The molecule has 0 atom stereocenters. The highest BCUT2D eigenvalue weighted by Crippen LogP contribution is 2.14. The van der Waals surface area contributed by atoms with Crippen molar-refractivity contribution in [1.82, 2.24) is 0 Å². The maximum atomic E-state index is 10.3. The van der Waals surface area contributed by atoms with Crippen LogP contribution >= 0.6 is 0 Å². The van der Waals surface area contributed by atoms with Crippen LogP contribution in [-0.2, 0) is 4.79 Å². The van der Waals surface area contributed by atoms with Crippen molar-refractivity contribution in [2.24, 2.45) is 0 Å². The van der Waals surface area contributed by atoms with Crippen LogP contribution < -0.4 is 0 Å². The number of hydrogen-bond donors (Lipinski definition) is 3. The number of rotatable bonds is 3. The predicted octanol–water partition coefficient (Wildman–Crippen LogP) is 2.29. The van der Waals surface area contributed by atoms with Gasteiger partial charge >= 0.3 is 11.9 Å². The number of hydrogen-bond acceptors (Lipinski definition) is 3. The van der Waals surface area contributed by atoms with E-state index < -0.39 is 11.9 Å². The zero-order valence-electron chi connectivity index (χ0n) is 9.78. The van der Waals surface area contributed by atoms with E-state index in [1.165, 1.54) is 18.2 Å². The molecule has 1 aromatic carbocycles. The van der Waals surface area contributed by atoms with Crippen molar-refractivity contribution in [2.75, 3.05) is 0 Å². The summed E-state index contributed by atoms with van der Waals surface area (Å²) in [6.45, 7) is 1.83. The van der Waals surface area contributed by atoms with Gasteiger partial charge in [0.25, 0.3) is 0 Å². The van der Waals surface area contributed by atoms with Crippen LogP contribution in [0.15, 0.2) is 48.6 Å². The number of carboxylic acids is 2. The van der Waals surface area contributed by atoms with Gasteiger partial charge in [0, 0.05) is 6.08 Å². The zero-order chi connectivity index (χ0) is 14.0. The Hall–Kier alpha value is -2.56. The van der Waals surface area contributed by atoms with Crippen molar-refractivity contribution in [3.8, 4) is 5.75 Å². The van der Waals surface area contributed by atoms with Gasteiger partial charge in [-0.15, -0.1) is 0 Å². The molecule has 0 bridgehead atoms. The van der Waals surface area contributed by atoms with Crippen LogP contribution in [0.25, 0.3) is 0 Å². The van der Waals surface area contributed by atoms with Gasteiger partial charge in [-0.05, 0) is 19.1 Å². The molecule has 18 heavy (non-hydrogen) atoms. The van der Waals surface area contributed by atoms with Crippen LogP contribution in [0.1, 0.15) is 17.3 Å². The second kappa shape index (κ2) is 8.58. The third-order valence-corrected chi connectivity index (χ3v) is 1.68. The smallest absolute Gasteiger partial charge is 0.339 e. The molecule has 0 radical (unpaired) electrons. The van der Waals surface area contributed by atoms with Gasteiger partial charge in [-0.3, -0.25) is 0 Å². The van der Waals surface area contributed by atoms with Crippen molar-refractivity contribution in [2.45, 2.75) is 6.92 Å². The molecule has 1 rings (SSSR count). The van der Waals surface area contributed by atoms with Gasteiger partial charge < -0.3 is 15.3 Å². The quantitative estimate of drug-likeness (QED) is 0.565. The van der Waals surface area contributed by atoms with Gasteiger partial charge in [0.15, 0.2) is 0 Å². The van der Waals surface area contributed by atoms with Crippen molar-refractivity contribution in [3.63, 3.8) is 0 Å². The molecule has 0 aromatic heterocycles. The van der Waals surface area contributed by atoms with Crippen molar-refractivity contribution in [1.29, 1.82) is 0 Å². The van der Waals surface area contributed by atoms with Crippen molar-refractivity contribution in [3.05, 3.63) is 54.1 Å². The molecular weight excluding hydrogens is 236 g/mol. The summed E-state index contributed by atoms with van der Waals surface area (Å²) in [6.07, 6.45) is 5.98. The molecule has 0 spiro atoms. The van der Waals surface area contributed by atoms with Crippen LogP contribution in [-0.4, -0.2) is 27.3 Å². The summed E-state index contributed by atoms with van der Waals surface area (Å²) in [5.41, 5.74) is -0.0671. The second-order valence-electron chi connectivity index (χ2n) is 3.05. The molecule has 0 saturated carbocycles. The normalized spacial score (nSPS) is 10.1. The number of para-hydroxylation sites is 1. The fourth-order valence-electron chi connectivity index (χ4n) is 0.903. The highest BCUT2D eigenvalue weighted by atomic mass is 16.4. The van der Waals surface area contributed by atoms with E-state index in [4.69, 9.17) is 15.3 Å². The maximum absolute atomic E-state index is 10.3. The number of aliphatic carboxylic acids is 1. The van der Waals surface area contributed by atoms with E-state index in [-0.39, 0.29) is 11.3 Å². The van der Waals surface area contributed by atoms with E-state index in [2.05, 4.69) is 0 Å². The van der Waals surface area contributed by atoms with Gasteiger partial charge in [0.05, 0.1) is 0 Å². The van der Waals surface area contributed by atoms with Crippen LogP contribution in [0, 0.1) is 0 Å². The summed E-state index contributed by atoms with van der Waals surface area (Å²) in [5, 5.41) is 25.3. The molecule has 96 valence electrons. The Bertz CT molecular complexity index is 460. The lowest BCUT2D eigenvalue weighted by atomic mass is 10.2. The molecule has 0 fully saturated rings. The van der Waals surface area contributed by atoms with Crippen molar-refractivity contribution < 1.29 is 24.9 Å². The number of allylic oxidation sites excluding steroid dienone is 3. The Labute approximate surface area is 104 Å². The molecule has 0 aliphatic carbocycles. The second-order valence-corrected chi connectivity index (χ2v) is 3.05. The molecule has 0 aliphatic heterocycles. The Kier molecular flexibility index (Phi) is 7.36. The van der Waals surface area contributed by atoms with E-state index in [1.807, 2.05) is 6.92 Å². The molecule has 0 saturated heterocycles. The lowest BCUT2D eigenvalue weighted by Gasteiger charge is -1.95. The standard InChI is InChI=1S/C7H6O3.C6H8O2/c8-6-4-2-1-3-5(6)7(9)10;1-2-3-4-5-6(7)8/h1-4,8H,(H,9,10);2-5H,1H3,(H,7,8). The summed E-state index contributed by atoms with van der Waals surface area (Å²) in [6, 6.07) is 5.81. The molecule has 3 N–H and O–H groups in total. The molecule has 0 heterocycles. The fourth-order valence-corrected chi connectivity index (χ4v) is 0.903. The van der Waals surface area contributed by atoms with Crippen LogP contribution in [0.3, 0.4) is 0 Å².